The molecule has 0 bridgehead atoms. The average Bonchev–Trinajstić information content (AvgIpc) is 3.50. The van der Waals surface area contributed by atoms with Gasteiger partial charge in [-0.05, 0) is 51.5 Å². The van der Waals surface area contributed by atoms with Crippen molar-refractivity contribution in [3.8, 4) is 22.8 Å². The zero-order valence-corrected chi connectivity index (χ0v) is 31.3. The van der Waals surface area contributed by atoms with Gasteiger partial charge < -0.3 is 29.2 Å². The molecule has 11 nitrogen and oxygen atoms in total. The number of thioether (sulfide) groups is 1. The molecule has 0 spiro atoms. The molecule has 0 saturated carbocycles. The molecule has 1 fully saturated rings. The van der Waals surface area contributed by atoms with Crippen LogP contribution in [-0.4, -0.2) is 89.7 Å². The molecule has 1 aliphatic rings. The normalized spacial score (nSPS) is 17.7. The van der Waals surface area contributed by atoms with Crippen molar-refractivity contribution < 1.29 is 33.3 Å². The van der Waals surface area contributed by atoms with E-state index in [0.717, 1.165) is 23.1 Å². The summed E-state index contributed by atoms with van der Waals surface area (Å²) in [6.45, 7) is 11.3. The number of benzene rings is 2. The summed E-state index contributed by atoms with van der Waals surface area (Å²) in [6.07, 6.45) is 2.39. The number of hydrogen-bond donors (Lipinski definition) is 1. The van der Waals surface area contributed by atoms with Gasteiger partial charge in [-0.15, -0.1) is 11.8 Å². The number of pyridine rings is 1. The van der Waals surface area contributed by atoms with Gasteiger partial charge in [0.25, 0.3) is 0 Å². The quantitative estimate of drug-likeness (QED) is 0.121. The molecule has 12 heteroatoms. The van der Waals surface area contributed by atoms with Gasteiger partial charge in [-0.25, -0.2) is 14.6 Å². The number of ether oxygens (including phenoxy) is 4. The fourth-order valence-electron chi connectivity index (χ4n) is 5.90. The molecule has 4 atom stereocenters. The molecule has 1 aliphatic heterocycles. The largest absolute Gasteiger partial charge is 0.497 e. The Bertz CT molecular complexity index is 1670. The van der Waals surface area contributed by atoms with Gasteiger partial charge in [-0.3, -0.25) is 9.79 Å². The number of esters is 1. The highest BCUT2D eigenvalue weighted by molar-refractivity contribution is 8.13. The molecule has 3 aromatic rings. The van der Waals surface area contributed by atoms with Gasteiger partial charge in [0, 0.05) is 29.5 Å². The minimum absolute atomic E-state index is 0.222. The summed E-state index contributed by atoms with van der Waals surface area (Å²) >= 11 is 1.38. The standard InChI is InChI=1S/C38H50N4O7S/c1-10-14-28(36(44)47-8)40-34(50-9)31-20-26(22-42(31)35(43)33(23(2)3)41-37(45)49-38(4,5)6)48-32-21-29(24-15-12-11-13-16-24)39-30-19-25(46-7)17-18-27(30)32/h11-13,15-19,21,23,26,28,31,33H,10,14,20,22H2,1-9H3,(H,41,45)/t26?,28-,31-,33-/m0/s1. The van der Waals surface area contributed by atoms with E-state index >= 15 is 0 Å². The maximum absolute atomic E-state index is 14.5. The summed E-state index contributed by atoms with van der Waals surface area (Å²) in [5.74, 6) is 0.316. The Morgan fingerprint density at radius 3 is 2.40 bits per heavy atom. The molecular weight excluding hydrogens is 657 g/mol. The lowest BCUT2D eigenvalue weighted by Gasteiger charge is -2.32. The van der Waals surface area contributed by atoms with Crippen LogP contribution in [0.3, 0.4) is 0 Å². The van der Waals surface area contributed by atoms with E-state index in [4.69, 9.17) is 28.9 Å². The third kappa shape index (κ3) is 9.68. The topological polar surface area (TPSA) is 129 Å². The van der Waals surface area contributed by atoms with Crippen molar-refractivity contribution >= 4 is 45.7 Å². The van der Waals surface area contributed by atoms with Crippen molar-refractivity contribution in [1.82, 2.24) is 15.2 Å². The average molecular weight is 707 g/mol. The molecule has 270 valence electrons. The first-order valence-corrected chi connectivity index (χ1v) is 18.2. The van der Waals surface area contributed by atoms with Crippen LogP contribution in [0.1, 0.15) is 60.8 Å². The number of likely N-dealkylation sites (tertiary alicyclic amines) is 1. The molecule has 0 aliphatic carbocycles. The Kier molecular flexibility index (Phi) is 13.1. The van der Waals surface area contributed by atoms with E-state index in [9.17, 15) is 14.4 Å². The lowest BCUT2D eigenvalue weighted by atomic mass is 10.0. The van der Waals surface area contributed by atoms with Crippen molar-refractivity contribution in [3.63, 3.8) is 0 Å². The van der Waals surface area contributed by atoms with Crippen LogP contribution in [0.5, 0.6) is 11.5 Å². The first kappa shape index (κ1) is 38.5. The molecule has 4 rings (SSSR count). The number of amides is 2. The SMILES string of the molecule is CCC[C@H](N=C(SC)[C@@H]1CC(Oc2cc(-c3ccccc3)nc3cc(OC)ccc23)CN1C(=O)[C@@H](NC(=O)OC(C)(C)C)C(C)C)C(=O)OC. The van der Waals surface area contributed by atoms with Crippen LogP contribution >= 0.6 is 11.8 Å². The van der Waals surface area contributed by atoms with Crippen LogP contribution in [0, 0.1) is 5.92 Å². The third-order valence-electron chi connectivity index (χ3n) is 8.31. The lowest BCUT2D eigenvalue weighted by Crippen LogP contribution is -2.54. The molecular formula is C38H50N4O7S. The minimum Gasteiger partial charge on any atom is -0.497 e. The van der Waals surface area contributed by atoms with Crippen molar-refractivity contribution in [2.45, 2.75) is 90.6 Å². The van der Waals surface area contributed by atoms with Crippen molar-refractivity contribution in [2.75, 3.05) is 27.0 Å². The summed E-state index contributed by atoms with van der Waals surface area (Å²) in [6, 6.07) is 15.3. The second-order valence-corrected chi connectivity index (χ2v) is 14.4. The Balaban J connectivity index is 1.76. The van der Waals surface area contributed by atoms with Crippen molar-refractivity contribution in [2.24, 2.45) is 10.9 Å². The number of aliphatic imine (C=N–C) groups is 1. The van der Waals surface area contributed by atoms with Crippen LogP contribution in [0.25, 0.3) is 22.2 Å². The van der Waals surface area contributed by atoms with Gasteiger partial charge in [0.15, 0.2) is 0 Å². The third-order valence-corrected chi connectivity index (χ3v) is 9.10. The van der Waals surface area contributed by atoms with Gasteiger partial charge in [-0.2, -0.15) is 0 Å². The van der Waals surface area contributed by atoms with Crippen LogP contribution in [0.2, 0.25) is 0 Å². The van der Waals surface area contributed by atoms with E-state index in [-0.39, 0.29) is 18.4 Å². The van der Waals surface area contributed by atoms with Crippen LogP contribution in [-0.2, 0) is 19.1 Å². The number of carbonyl (C=O) groups excluding carboxylic acids is 3. The van der Waals surface area contributed by atoms with Crippen LogP contribution in [0.15, 0.2) is 59.6 Å². The maximum atomic E-state index is 14.5. The lowest BCUT2D eigenvalue weighted by molar-refractivity contribution is -0.142. The molecule has 1 N–H and O–H groups in total. The molecule has 0 radical (unpaired) electrons. The highest BCUT2D eigenvalue weighted by atomic mass is 32.2. The highest BCUT2D eigenvalue weighted by Gasteiger charge is 2.43. The van der Waals surface area contributed by atoms with E-state index in [2.05, 4.69) is 5.32 Å². The number of nitrogens with zero attached hydrogens (tertiary/aromatic N) is 3. The van der Waals surface area contributed by atoms with Crippen LogP contribution < -0.4 is 14.8 Å². The van der Waals surface area contributed by atoms with E-state index in [0.29, 0.717) is 34.9 Å². The monoisotopic (exact) mass is 706 g/mol. The fourth-order valence-corrected chi connectivity index (χ4v) is 6.63. The molecule has 2 heterocycles. The molecule has 1 aromatic heterocycles. The van der Waals surface area contributed by atoms with Gasteiger partial charge in [-0.1, -0.05) is 57.5 Å². The zero-order valence-electron chi connectivity index (χ0n) is 30.5. The molecule has 50 heavy (non-hydrogen) atoms. The van der Waals surface area contributed by atoms with E-state index in [1.165, 1.54) is 18.9 Å². The predicted molar refractivity (Wildman–Crippen MR) is 198 cm³/mol. The smallest absolute Gasteiger partial charge is 0.408 e. The molecule has 2 aromatic carbocycles. The minimum atomic E-state index is -0.875. The number of rotatable bonds is 12. The molecule has 1 saturated heterocycles. The Labute approximate surface area is 299 Å². The van der Waals surface area contributed by atoms with Gasteiger partial charge in [0.2, 0.25) is 5.91 Å². The summed E-state index contributed by atoms with van der Waals surface area (Å²) in [5.41, 5.74) is 1.63. The summed E-state index contributed by atoms with van der Waals surface area (Å²) in [7, 11) is 2.96. The second-order valence-electron chi connectivity index (χ2n) is 13.6. The fraction of sp³-hybridized carbons (Fsp3) is 0.500. The predicted octanol–water partition coefficient (Wildman–Crippen LogP) is 6.91. The van der Waals surface area contributed by atoms with E-state index < -0.39 is 41.9 Å². The summed E-state index contributed by atoms with van der Waals surface area (Å²) in [4.78, 5) is 51.6. The van der Waals surface area contributed by atoms with Gasteiger partial charge in [0.05, 0.1) is 43.1 Å². The first-order valence-electron chi connectivity index (χ1n) is 17.0. The summed E-state index contributed by atoms with van der Waals surface area (Å²) < 4.78 is 22.9. The number of carbonyl (C=O) groups is 3. The van der Waals surface area contributed by atoms with Gasteiger partial charge >= 0.3 is 12.1 Å². The number of nitrogens with one attached hydrogen (secondary N) is 1. The first-order chi connectivity index (χ1) is 23.8. The number of methoxy groups -OCH3 is 2. The molecule has 1 unspecified atom stereocenters. The van der Waals surface area contributed by atoms with E-state index in [1.54, 1.807) is 32.8 Å². The molecule has 2 amide bonds. The highest BCUT2D eigenvalue weighted by Crippen LogP contribution is 2.35. The van der Waals surface area contributed by atoms with E-state index in [1.807, 2.05) is 81.6 Å². The second kappa shape index (κ2) is 17.1. The Hall–Kier alpha value is -4.32. The zero-order chi connectivity index (χ0) is 36.6. The number of aromatic nitrogens is 1. The summed E-state index contributed by atoms with van der Waals surface area (Å²) in [5, 5.41) is 4.22. The van der Waals surface area contributed by atoms with Gasteiger partial charge in [0.1, 0.15) is 35.3 Å². The van der Waals surface area contributed by atoms with Crippen molar-refractivity contribution in [1.29, 1.82) is 0 Å². The Morgan fingerprint density at radius 1 is 1.08 bits per heavy atom. The van der Waals surface area contributed by atoms with Crippen LogP contribution in [0.4, 0.5) is 4.79 Å². The number of alkyl carbamates (subject to hydrolysis) is 1. The number of fused-ring (bicyclic) bond motifs is 1. The Morgan fingerprint density at radius 2 is 1.80 bits per heavy atom. The maximum Gasteiger partial charge on any atom is 0.408 e. The number of hydrogen-bond acceptors (Lipinski definition) is 10. The van der Waals surface area contributed by atoms with Crippen molar-refractivity contribution in [3.05, 3.63) is 54.6 Å².